The molecule has 0 spiro atoms. The minimum atomic E-state index is -0.799. The first-order valence-corrected chi connectivity index (χ1v) is 7.04. The molecule has 0 fully saturated rings. The van der Waals surface area contributed by atoms with Gasteiger partial charge in [0.05, 0.1) is 11.5 Å². The van der Waals surface area contributed by atoms with Crippen LogP contribution in [0.2, 0.25) is 0 Å². The minimum Gasteiger partial charge on any atom is -0.465 e. The molecule has 0 aliphatic heterocycles. The number of esters is 1. The molecule has 2 N–H and O–H groups in total. The zero-order chi connectivity index (χ0) is 15.1. The molecule has 6 nitrogen and oxygen atoms in total. The summed E-state index contributed by atoms with van der Waals surface area (Å²) in [4.78, 5) is 21.5. The molecule has 1 aromatic carbocycles. The van der Waals surface area contributed by atoms with Crippen LogP contribution in [0.4, 0.5) is 10.1 Å². The van der Waals surface area contributed by atoms with Crippen LogP contribution >= 0.6 is 11.8 Å². The highest BCUT2D eigenvalue weighted by Crippen LogP contribution is 2.24. The monoisotopic (exact) mass is 302 g/mol. The summed E-state index contributed by atoms with van der Waals surface area (Å²) in [5.41, 5.74) is 5.70. The Bertz CT molecular complexity index is 498. The Balaban J connectivity index is 2.59. The van der Waals surface area contributed by atoms with Gasteiger partial charge in [-0.3, -0.25) is 14.9 Å². The molecule has 0 radical (unpaired) electrons. The zero-order valence-corrected chi connectivity index (χ0v) is 11.7. The van der Waals surface area contributed by atoms with Crippen LogP contribution in [0, 0.1) is 15.9 Å². The molecule has 0 saturated carbocycles. The molecule has 0 amide bonds. The SMILES string of the molecule is CCOC(=O)C(N)CSCc1cc(F)ccc1[N+](=O)[O-]. The molecule has 0 bridgehead atoms. The summed E-state index contributed by atoms with van der Waals surface area (Å²) in [7, 11) is 0. The van der Waals surface area contributed by atoms with Crippen molar-refractivity contribution in [1.82, 2.24) is 0 Å². The number of hydrogen-bond donors (Lipinski definition) is 1. The van der Waals surface area contributed by atoms with Gasteiger partial charge < -0.3 is 10.5 Å². The molecule has 0 aliphatic rings. The van der Waals surface area contributed by atoms with Gasteiger partial charge in [0.15, 0.2) is 0 Å². The first-order valence-electron chi connectivity index (χ1n) is 5.88. The molecule has 20 heavy (non-hydrogen) atoms. The van der Waals surface area contributed by atoms with E-state index in [1.54, 1.807) is 6.92 Å². The number of nitrogens with zero attached hydrogens (tertiary/aromatic N) is 1. The van der Waals surface area contributed by atoms with Crippen molar-refractivity contribution in [2.24, 2.45) is 5.73 Å². The van der Waals surface area contributed by atoms with E-state index in [-0.39, 0.29) is 29.4 Å². The first kappa shape index (κ1) is 16.4. The fourth-order valence-electron chi connectivity index (χ4n) is 1.46. The van der Waals surface area contributed by atoms with E-state index in [1.807, 2.05) is 0 Å². The molecule has 0 saturated heterocycles. The van der Waals surface area contributed by atoms with Crippen molar-refractivity contribution in [2.45, 2.75) is 18.7 Å². The maximum atomic E-state index is 13.1. The van der Waals surface area contributed by atoms with Crippen molar-refractivity contribution >= 4 is 23.4 Å². The van der Waals surface area contributed by atoms with Crippen molar-refractivity contribution in [3.05, 3.63) is 39.7 Å². The largest absolute Gasteiger partial charge is 0.465 e. The summed E-state index contributed by atoms with van der Waals surface area (Å²) in [6, 6.07) is 2.47. The number of hydrogen-bond acceptors (Lipinski definition) is 6. The topological polar surface area (TPSA) is 95.5 Å². The molecular weight excluding hydrogens is 287 g/mol. The summed E-state index contributed by atoms with van der Waals surface area (Å²) < 4.78 is 17.8. The molecule has 0 aliphatic carbocycles. The summed E-state index contributed by atoms with van der Waals surface area (Å²) >= 11 is 1.21. The van der Waals surface area contributed by atoms with Crippen molar-refractivity contribution in [2.75, 3.05) is 12.4 Å². The van der Waals surface area contributed by atoms with Crippen LogP contribution in [-0.2, 0) is 15.3 Å². The Morgan fingerprint density at radius 3 is 2.90 bits per heavy atom. The van der Waals surface area contributed by atoms with Gasteiger partial charge in [-0.05, 0) is 19.1 Å². The number of nitrogens with two attached hydrogens (primary N) is 1. The van der Waals surface area contributed by atoms with E-state index in [9.17, 15) is 19.3 Å². The normalized spacial score (nSPS) is 11.9. The third kappa shape index (κ3) is 4.78. The lowest BCUT2D eigenvalue weighted by Gasteiger charge is -2.10. The molecule has 1 atom stereocenters. The predicted molar refractivity (Wildman–Crippen MR) is 73.8 cm³/mol. The van der Waals surface area contributed by atoms with E-state index in [2.05, 4.69) is 0 Å². The second-order valence-electron chi connectivity index (χ2n) is 3.90. The van der Waals surface area contributed by atoms with Gasteiger partial charge in [-0.15, -0.1) is 0 Å². The van der Waals surface area contributed by atoms with Gasteiger partial charge in [-0.1, -0.05) is 0 Å². The second-order valence-corrected chi connectivity index (χ2v) is 4.93. The number of thioether (sulfide) groups is 1. The van der Waals surface area contributed by atoms with Crippen molar-refractivity contribution < 1.29 is 18.8 Å². The van der Waals surface area contributed by atoms with Gasteiger partial charge in [0.1, 0.15) is 11.9 Å². The lowest BCUT2D eigenvalue weighted by molar-refractivity contribution is -0.385. The number of carbonyl (C=O) groups is 1. The molecule has 110 valence electrons. The van der Waals surface area contributed by atoms with Crippen LogP contribution in [0.3, 0.4) is 0 Å². The molecule has 1 rings (SSSR count). The standard InChI is InChI=1S/C12H15FN2O4S/c1-2-19-12(16)10(14)7-20-6-8-5-9(13)3-4-11(8)15(17)18/h3-5,10H,2,6-7,14H2,1H3. The number of ether oxygens (including phenoxy) is 1. The lowest BCUT2D eigenvalue weighted by Crippen LogP contribution is -2.34. The van der Waals surface area contributed by atoms with Crippen LogP contribution in [-0.4, -0.2) is 29.3 Å². The molecule has 0 heterocycles. The fourth-order valence-corrected chi connectivity index (χ4v) is 2.42. The van der Waals surface area contributed by atoms with E-state index in [1.165, 1.54) is 11.8 Å². The third-order valence-electron chi connectivity index (χ3n) is 2.38. The van der Waals surface area contributed by atoms with E-state index in [0.29, 0.717) is 0 Å². The van der Waals surface area contributed by atoms with Crippen molar-refractivity contribution in [3.8, 4) is 0 Å². The van der Waals surface area contributed by atoms with Gasteiger partial charge in [-0.2, -0.15) is 11.8 Å². The highest BCUT2D eigenvalue weighted by molar-refractivity contribution is 7.98. The van der Waals surface area contributed by atoms with Crippen LogP contribution < -0.4 is 5.73 Å². The van der Waals surface area contributed by atoms with E-state index in [0.717, 1.165) is 18.2 Å². The summed E-state index contributed by atoms with van der Waals surface area (Å²) in [5, 5.41) is 10.8. The molecular formula is C12H15FN2O4S. The Morgan fingerprint density at radius 2 is 2.30 bits per heavy atom. The number of rotatable bonds is 7. The van der Waals surface area contributed by atoms with Gasteiger partial charge in [0.2, 0.25) is 0 Å². The summed E-state index contributed by atoms with van der Waals surface area (Å²) in [5.74, 6) is -0.622. The molecule has 1 unspecified atom stereocenters. The van der Waals surface area contributed by atoms with Crippen LogP contribution in [0.25, 0.3) is 0 Å². The minimum absolute atomic E-state index is 0.149. The van der Waals surface area contributed by atoms with Crippen molar-refractivity contribution in [3.63, 3.8) is 0 Å². The predicted octanol–water partition coefficient (Wildman–Crippen LogP) is 1.86. The van der Waals surface area contributed by atoms with Gasteiger partial charge in [0, 0.05) is 23.1 Å². The van der Waals surface area contributed by atoms with Gasteiger partial charge in [0.25, 0.3) is 5.69 Å². The number of benzene rings is 1. The highest BCUT2D eigenvalue weighted by atomic mass is 32.2. The van der Waals surface area contributed by atoms with Crippen LogP contribution in [0.1, 0.15) is 12.5 Å². The average molecular weight is 302 g/mol. The summed E-state index contributed by atoms with van der Waals surface area (Å²) in [6.45, 7) is 1.92. The molecule has 0 aromatic heterocycles. The highest BCUT2D eigenvalue weighted by Gasteiger charge is 2.17. The average Bonchev–Trinajstić information content (AvgIpc) is 2.38. The summed E-state index contributed by atoms with van der Waals surface area (Å²) in [6.07, 6.45) is 0. The number of nitro groups is 1. The van der Waals surface area contributed by atoms with E-state index < -0.39 is 22.8 Å². The number of nitro benzene ring substituents is 1. The Hall–Kier alpha value is -1.67. The Kier molecular flexibility index (Phi) is 6.40. The maximum Gasteiger partial charge on any atom is 0.323 e. The Morgan fingerprint density at radius 1 is 1.60 bits per heavy atom. The number of halogens is 1. The van der Waals surface area contributed by atoms with Crippen LogP contribution in [0.15, 0.2) is 18.2 Å². The number of carbonyl (C=O) groups excluding carboxylic acids is 1. The fraction of sp³-hybridized carbons (Fsp3) is 0.417. The maximum absolute atomic E-state index is 13.1. The first-order chi connectivity index (χ1) is 9.45. The van der Waals surface area contributed by atoms with Crippen LogP contribution in [0.5, 0.6) is 0 Å². The Labute approximate surface area is 119 Å². The molecule has 1 aromatic rings. The van der Waals surface area contributed by atoms with Gasteiger partial charge >= 0.3 is 5.97 Å². The zero-order valence-electron chi connectivity index (χ0n) is 10.9. The van der Waals surface area contributed by atoms with Gasteiger partial charge in [-0.25, -0.2) is 4.39 Å². The van der Waals surface area contributed by atoms with E-state index in [4.69, 9.17) is 10.5 Å². The van der Waals surface area contributed by atoms with E-state index >= 15 is 0 Å². The third-order valence-corrected chi connectivity index (χ3v) is 3.49. The smallest absolute Gasteiger partial charge is 0.323 e. The molecule has 8 heteroatoms. The second kappa shape index (κ2) is 7.81. The lowest BCUT2D eigenvalue weighted by atomic mass is 10.2. The van der Waals surface area contributed by atoms with Crippen molar-refractivity contribution in [1.29, 1.82) is 0 Å². The quantitative estimate of drug-likeness (QED) is 0.469.